The van der Waals surface area contributed by atoms with Gasteiger partial charge in [0, 0.05) is 16.1 Å². The summed E-state index contributed by atoms with van der Waals surface area (Å²) in [5, 5.41) is 13.7. The van der Waals surface area contributed by atoms with Gasteiger partial charge in [0.2, 0.25) is 0 Å². The van der Waals surface area contributed by atoms with Crippen molar-refractivity contribution in [1.29, 1.82) is 0 Å². The predicted molar refractivity (Wildman–Crippen MR) is 69.9 cm³/mol. The lowest BCUT2D eigenvalue weighted by Gasteiger charge is -2.27. The van der Waals surface area contributed by atoms with Crippen LogP contribution in [0, 0.1) is 13.8 Å². The normalized spacial score (nSPS) is 21.1. The van der Waals surface area contributed by atoms with Crippen LogP contribution in [0.25, 0.3) is 0 Å². The van der Waals surface area contributed by atoms with E-state index in [-0.39, 0.29) is 0 Å². The quantitative estimate of drug-likeness (QED) is 0.826. The Hall–Kier alpha value is -0.540. The first-order valence-electron chi connectivity index (χ1n) is 5.83. The van der Waals surface area contributed by atoms with Gasteiger partial charge in [-0.3, -0.25) is 0 Å². The van der Waals surface area contributed by atoms with Crippen LogP contribution in [0.2, 0.25) is 0 Å². The van der Waals surface area contributed by atoms with Gasteiger partial charge < -0.3 is 10.4 Å². The Morgan fingerprint density at radius 2 is 2.12 bits per heavy atom. The predicted octanol–water partition coefficient (Wildman–Crippen LogP) is 3.59. The van der Waals surface area contributed by atoms with Gasteiger partial charge in [-0.1, -0.05) is 22.4 Å². The van der Waals surface area contributed by atoms with Crippen LogP contribution >= 0.6 is 15.9 Å². The van der Waals surface area contributed by atoms with Gasteiger partial charge in [-0.2, -0.15) is 0 Å². The van der Waals surface area contributed by atoms with Gasteiger partial charge in [0.05, 0.1) is 0 Å². The van der Waals surface area contributed by atoms with E-state index in [2.05, 4.69) is 28.2 Å². The van der Waals surface area contributed by atoms with E-state index in [0.717, 1.165) is 34.1 Å². The van der Waals surface area contributed by atoms with Crippen molar-refractivity contribution in [2.45, 2.75) is 39.2 Å². The molecule has 0 radical (unpaired) electrons. The lowest BCUT2D eigenvalue weighted by molar-refractivity contribution is 0.388. The largest absolute Gasteiger partial charge is 0.507 e. The number of benzene rings is 1. The van der Waals surface area contributed by atoms with Gasteiger partial charge in [-0.05, 0) is 50.4 Å². The van der Waals surface area contributed by atoms with Crippen molar-refractivity contribution in [3.63, 3.8) is 0 Å². The van der Waals surface area contributed by atoms with Gasteiger partial charge in [0.15, 0.2) is 0 Å². The highest BCUT2D eigenvalue weighted by Gasteiger charge is 2.22. The molecule has 1 fully saturated rings. The third-order valence-corrected chi connectivity index (χ3v) is 4.22. The molecule has 0 aromatic heterocycles. The standard InChI is InChI=1S/C13H18BrNO/c1-8-7-10(14)9(2)12(13(8)16)11-5-3-4-6-15-11/h7,11,15-16H,3-6H2,1-2H3. The summed E-state index contributed by atoms with van der Waals surface area (Å²) in [4.78, 5) is 0. The molecule has 0 aliphatic carbocycles. The molecule has 1 aromatic carbocycles. The van der Waals surface area contributed by atoms with Crippen LogP contribution in [-0.4, -0.2) is 11.7 Å². The van der Waals surface area contributed by atoms with E-state index in [1.54, 1.807) is 0 Å². The van der Waals surface area contributed by atoms with Crippen LogP contribution < -0.4 is 5.32 Å². The highest BCUT2D eigenvalue weighted by molar-refractivity contribution is 9.10. The van der Waals surface area contributed by atoms with E-state index in [1.807, 2.05) is 13.0 Å². The van der Waals surface area contributed by atoms with Crippen molar-refractivity contribution < 1.29 is 5.11 Å². The number of hydrogen-bond donors (Lipinski definition) is 2. The minimum absolute atomic E-state index is 0.310. The molecule has 1 atom stereocenters. The summed E-state index contributed by atoms with van der Waals surface area (Å²) in [6, 6.07) is 2.29. The van der Waals surface area contributed by atoms with Gasteiger partial charge in [0.1, 0.15) is 5.75 Å². The molecular weight excluding hydrogens is 266 g/mol. The second kappa shape index (κ2) is 4.76. The molecular formula is C13H18BrNO. The highest BCUT2D eigenvalue weighted by atomic mass is 79.9. The van der Waals surface area contributed by atoms with E-state index in [4.69, 9.17) is 0 Å². The third kappa shape index (κ3) is 2.11. The van der Waals surface area contributed by atoms with Crippen molar-refractivity contribution in [3.8, 4) is 5.75 Å². The van der Waals surface area contributed by atoms with E-state index in [9.17, 15) is 5.11 Å². The number of nitrogens with one attached hydrogen (secondary N) is 1. The first-order chi connectivity index (χ1) is 7.61. The molecule has 1 aromatic rings. The molecule has 3 heteroatoms. The molecule has 16 heavy (non-hydrogen) atoms. The Kier molecular flexibility index (Phi) is 3.55. The number of phenolic OH excluding ortho intramolecular Hbond substituents is 1. The molecule has 0 saturated carbocycles. The summed E-state index contributed by atoms with van der Waals surface area (Å²) in [5.74, 6) is 0.458. The maximum Gasteiger partial charge on any atom is 0.123 e. The number of aromatic hydroxyl groups is 1. The van der Waals surface area contributed by atoms with Gasteiger partial charge in [-0.25, -0.2) is 0 Å². The zero-order valence-electron chi connectivity index (χ0n) is 9.81. The van der Waals surface area contributed by atoms with Crippen molar-refractivity contribution >= 4 is 15.9 Å². The average molecular weight is 284 g/mol. The summed E-state index contributed by atoms with van der Waals surface area (Å²) in [7, 11) is 0. The first-order valence-corrected chi connectivity index (χ1v) is 6.62. The minimum atomic E-state index is 0.310. The topological polar surface area (TPSA) is 32.3 Å². The molecule has 1 aliphatic rings. The fourth-order valence-electron chi connectivity index (χ4n) is 2.41. The van der Waals surface area contributed by atoms with Gasteiger partial charge >= 0.3 is 0 Å². The van der Waals surface area contributed by atoms with Crippen LogP contribution in [0.3, 0.4) is 0 Å². The molecule has 1 unspecified atom stereocenters. The number of rotatable bonds is 1. The van der Waals surface area contributed by atoms with E-state index in [0.29, 0.717) is 11.8 Å². The van der Waals surface area contributed by atoms with Crippen LogP contribution in [-0.2, 0) is 0 Å². The van der Waals surface area contributed by atoms with Crippen molar-refractivity contribution in [2.24, 2.45) is 0 Å². The van der Waals surface area contributed by atoms with Crippen LogP contribution in [0.15, 0.2) is 10.5 Å². The molecule has 2 nitrogen and oxygen atoms in total. The van der Waals surface area contributed by atoms with E-state index >= 15 is 0 Å². The zero-order chi connectivity index (χ0) is 11.7. The van der Waals surface area contributed by atoms with E-state index < -0.39 is 0 Å². The number of halogens is 1. The molecule has 88 valence electrons. The highest BCUT2D eigenvalue weighted by Crippen LogP contribution is 2.38. The Morgan fingerprint density at radius 1 is 1.38 bits per heavy atom. The lowest BCUT2D eigenvalue weighted by atomic mass is 9.92. The monoisotopic (exact) mass is 283 g/mol. The van der Waals surface area contributed by atoms with E-state index in [1.165, 1.54) is 12.8 Å². The lowest BCUT2D eigenvalue weighted by Crippen LogP contribution is -2.27. The summed E-state index contributed by atoms with van der Waals surface area (Å²) in [5.41, 5.74) is 3.17. The zero-order valence-corrected chi connectivity index (χ0v) is 11.4. The Labute approximate surface area is 105 Å². The molecule has 1 saturated heterocycles. The van der Waals surface area contributed by atoms with Crippen LogP contribution in [0.5, 0.6) is 5.75 Å². The third-order valence-electron chi connectivity index (χ3n) is 3.39. The molecule has 0 spiro atoms. The Morgan fingerprint density at radius 3 is 2.75 bits per heavy atom. The smallest absolute Gasteiger partial charge is 0.123 e. The maximum absolute atomic E-state index is 10.2. The van der Waals surface area contributed by atoms with Crippen molar-refractivity contribution in [2.75, 3.05) is 6.54 Å². The summed E-state index contributed by atoms with van der Waals surface area (Å²) < 4.78 is 1.09. The fourth-order valence-corrected chi connectivity index (χ4v) is 2.97. The molecule has 2 rings (SSSR count). The first kappa shape index (κ1) is 11.9. The van der Waals surface area contributed by atoms with Gasteiger partial charge in [-0.15, -0.1) is 0 Å². The van der Waals surface area contributed by atoms with Gasteiger partial charge in [0.25, 0.3) is 0 Å². The van der Waals surface area contributed by atoms with Crippen LogP contribution in [0.1, 0.15) is 42.0 Å². The Bertz CT molecular complexity index is 371. The average Bonchev–Trinajstić information content (AvgIpc) is 2.28. The second-order valence-electron chi connectivity index (χ2n) is 4.57. The van der Waals surface area contributed by atoms with Crippen molar-refractivity contribution in [3.05, 3.63) is 27.2 Å². The molecule has 0 bridgehead atoms. The summed E-state index contributed by atoms with van der Waals surface area (Å²) in [6.07, 6.45) is 3.59. The number of piperidine rings is 1. The van der Waals surface area contributed by atoms with Crippen molar-refractivity contribution in [1.82, 2.24) is 5.32 Å². The summed E-state index contributed by atoms with van der Waals surface area (Å²) in [6.45, 7) is 5.07. The molecule has 1 aliphatic heterocycles. The summed E-state index contributed by atoms with van der Waals surface area (Å²) >= 11 is 3.56. The Balaban J connectivity index is 2.45. The molecule has 2 N–H and O–H groups in total. The SMILES string of the molecule is Cc1cc(Br)c(C)c(C2CCCCN2)c1O. The number of hydrogen-bond acceptors (Lipinski definition) is 2. The minimum Gasteiger partial charge on any atom is -0.507 e. The van der Waals surface area contributed by atoms with Crippen LogP contribution in [0.4, 0.5) is 0 Å². The molecule has 0 amide bonds. The number of aryl methyl sites for hydroxylation is 1. The second-order valence-corrected chi connectivity index (χ2v) is 5.42. The fraction of sp³-hybridized carbons (Fsp3) is 0.538. The number of phenols is 1. The molecule has 1 heterocycles. The maximum atomic E-state index is 10.2.